The van der Waals surface area contributed by atoms with Crippen LogP contribution in [0.25, 0.3) is 0 Å². The summed E-state index contributed by atoms with van der Waals surface area (Å²) in [6, 6.07) is 9.90. The number of amidine groups is 1. The van der Waals surface area contributed by atoms with Gasteiger partial charge < -0.3 is 31.5 Å². The average molecular weight is 562 g/mol. The van der Waals surface area contributed by atoms with Crippen LogP contribution in [0.2, 0.25) is 0 Å². The largest absolute Gasteiger partial charge is 0.573 e. The first-order valence-electron chi connectivity index (χ1n) is 13.7. The van der Waals surface area contributed by atoms with Gasteiger partial charge in [0.05, 0.1) is 18.5 Å². The number of anilines is 1. The van der Waals surface area contributed by atoms with Crippen LogP contribution in [0, 0.1) is 17.8 Å². The third-order valence-corrected chi connectivity index (χ3v) is 7.78. The number of alkyl halides is 3. The van der Waals surface area contributed by atoms with Crippen LogP contribution in [0.1, 0.15) is 57.1 Å². The summed E-state index contributed by atoms with van der Waals surface area (Å²) in [7, 11) is 0. The van der Waals surface area contributed by atoms with Gasteiger partial charge in [-0.25, -0.2) is 4.98 Å². The fourth-order valence-electron chi connectivity index (χ4n) is 5.48. The molecule has 0 radical (unpaired) electrons. The molecular formula is C29H38F3N5O3. The Hall–Kier alpha value is -3.47. The summed E-state index contributed by atoms with van der Waals surface area (Å²) in [6.07, 6.45) is 1.19. The third kappa shape index (κ3) is 7.80. The Morgan fingerprint density at radius 2 is 1.93 bits per heavy atom. The lowest BCUT2D eigenvalue weighted by molar-refractivity contribution is -0.274. The fraction of sp³-hybridized carbons (Fsp3) is 0.517. The highest BCUT2D eigenvalue weighted by Crippen LogP contribution is 2.39. The molecule has 0 saturated heterocycles. The van der Waals surface area contributed by atoms with E-state index >= 15 is 0 Å². The quantitative estimate of drug-likeness (QED) is 0.0918. The number of nitrogens with two attached hydrogens (primary N) is 2. The molecule has 0 amide bonds. The average Bonchev–Trinajstić information content (AvgIpc) is 3.77. The minimum absolute atomic E-state index is 0.0434. The molecule has 40 heavy (non-hydrogen) atoms. The Bertz CT molecular complexity index is 1200. The highest BCUT2D eigenvalue weighted by atomic mass is 19.4. The van der Waals surface area contributed by atoms with Crippen LogP contribution in [0.3, 0.4) is 0 Å². The molecule has 218 valence electrons. The highest BCUT2D eigenvalue weighted by Gasteiger charge is 2.36. The van der Waals surface area contributed by atoms with Crippen LogP contribution in [0.15, 0.2) is 59.0 Å². The summed E-state index contributed by atoms with van der Waals surface area (Å²) in [4.78, 5) is 4.46. The van der Waals surface area contributed by atoms with Gasteiger partial charge in [-0.05, 0) is 66.9 Å². The standard InChI is InChI=1S/C29H38F3N5O3/c1-3-18-14-23(12-17(2)26(18)36-25-11-10-21(15-35-25)28(33)37-34)39-16-22(27(38)19-8-9-19)13-20-6-4-5-7-24(20)40-29(30,31)32/h4-7,10-11,15,17-19,23,26,38H,3,8-9,12-14,16,34H2,1-2H3,(H2,33,37)(H,35,36)/b27-22+. The lowest BCUT2D eigenvalue weighted by Gasteiger charge is -2.41. The normalized spacial score (nSPS) is 24.4. The molecule has 4 unspecified atom stereocenters. The number of aromatic nitrogens is 1. The van der Waals surface area contributed by atoms with Crippen LogP contribution in [0.4, 0.5) is 19.0 Å². The maximum Gasteiger partial charge on any atom is 0.573 e. The zero-order valence-electron chi connectivity index (χ0n) is 22.8. The Kier molecular flexibility index (Phi) is 9.44. The van der Waals surface area contributed by atoms with E-state index in [0.717, 1.165) is 37.9 Å². The SMILES string of the molecule is CCC1CC(OC/C(Cc2ccccc2OC(F)(F)F)=C(/O)C2CC2)CC(C)C1Nc1ccc(C(N)=NN)cn1. The van der Waals surface area contributed by atoms with Crippen LogP contribution >= 0.6 is 0 Å². The van der Waals surface area contributed by atoms with Gasteiger partial charge in [-0.2, -0.15) is 5.10 Å². The highest BCUT2D eigenvalue weighted by molar-refractivity contribution is 5.97. The maximum atomic E-state index is 13.0. The molecule has 11 heteroatoms. The summed E-state index contributed by atoms with van der Waals surface area (Å²) in [5.74, 6) is 6.80. The second-order valence-corrected chi connectivity index (χ2v) is 10.8. The zero-order valence-corrected chi connectivity index (χ0v) is 22.8. The number of aliphatic hydroxyl groups is 1. The van der Waals surface area contributed by atoms with E-state index in [1.54, 1.807) is 18.3 Å². The number of hydrazone groups is 1. The number of halogens is 3. The number of aliphatic hydroxyl groups excluding tert-OH is 1. The minimum atomic E-state index is -4.80. The summed E-state index contributed by atoms with van der Waals surface area (Å²) in [5.41, 5.74) is 7.36. The molecule has 4 atom stereocenters. The number of benzene rings is 1. The molecule has 0 spiro atoms. The van der Waals surface area contributed by atoms with Crippen molar-refractivity contribution in [1.29, 1.82) is 0 Å². The van der Waals surface area contributed by atoms with Crippen molar-refractivity contribution in [2.75, 3.05) is 11.9 Å². The molecule has 0 aliphatic heterocycles. The number of hydrogen-bond donors (Lipinski definition) is 4. The van der Waals surface area contributed by atoms with E-state index in [0.29, 0.717) is 22.6 Å². The predicted molar refractivity (Wildman–Crippen MR) is 148 cm³/mol. The van der Waals surface area contributed by atoms with E-state index in [1.165, 1.54) is 12.1 Å². The van der Waals surface area contributed by atoms with E-state index in [1.807, 2.05) is 12.1 Å². The molecule has 1 aromatic heterocycles. The first kappa shape index (κ1) is 29.5. The van der Waals surface area contributed by atoms with Gasteiger partial charge in [0.2, 0.25) is 0 Å². The van der Waals surface area contributed by atoms with Crippen LogP contribution < -0.4 is 21.6 Å². The van der Waals surface area contributed by atoms with E-state index in [9.17, 15) is 18.3 Å². The first-order valence-corrected chi connectivity index (χ1v) is 13.7. The minimum Gasteiger partial charge on any atom is -0.512 e. The second kappa shape index (κ2) is 12.8. The Morgan fingerprint density at radius 3 is 2.55 bits per heavy atom. The number of nitrogens with one attached hydrogen (secondary N) is 1. The maximum absolute atomic E-state index is 13.0. The molecule has 2 aromatic rings. The van der Waals surface area contributed by atoms with Gasteiger partial charge in [0.15, 0.2) is 5.84 Å². The van der Waals surface area contributed by atoms with Crippen molar-refractivity contribution < 1.29 is 27.8 Å². The number of allylic oxidation sites excluding steroid dienone is 1. The van der Waals surface area contributed by atoms with Crippen molar-refractivity contribution in [3.05, 3.63) is 65.1 Å². The molecule has 8 nitrogen and oxygen atoms in total. The van der Waals surface area contributed by atoms with E-state index in [4.69, 9.17) is 16.3 Å². The fourth-order valence-corrected chi connectivity index (χ4v) is 5.48. The van der Waals surface area contributed by atoms with Crippen LogP contribution in [0.5, 0.6) is 5.75 Å². The number of nitrogens with zero attached hydrogens (tertiary/aromatic N) is 2. The lowest BCUT2D eigenvalue weighted by Crippen LogP contribution is -2.44. The second-order valence-electron chi connectivity index (χ2n) is 10.8. The molecule has 2 fully saturated rings. The molecule has 2 aliphatic rings. The van der Waals surface area contributed by atoms with Gasteiger partial charge in [-0.3, -0.25) is 0 Å². The molecule has 6 N–H and O–H groups in total. The molecule has 2 saturated carbocycles. The monoisotopic (exact) mass is 561 g/mol. The molecule has 1 heterocycles. The van der Waals surface area contributed by atoms with Gasteiger partial charge >= 0.3 is 6.36 Å². The molecule has 0 bridgehead atoms. The van der Waals surface area contributed by atoms with Crippen molar-refractivity contribution in [2.45, 2.75) is 70.9 Å². The van der Waals surface area contributed by atoms with E-state index in [2.05, 4.69) is 34.0 Å². The van der Waals surface area contributed by atoms with E-state index in [-0.39, 0.29) is 54.4 Å². The topological polar surface area (TPSA) is 128 Å². The summed E-state index contributed by atoms with van der Waals surface area (Å²) >= 11 is 0. The van der Waals surface area contributed by atoms with Gasteiger partial charge in [-0.1, -0.05) is 38.5 Å². The van der Waals surface area contributed by atoms with Crippen molar-refractivity contribution in [2.24, 2.45) is 34.4 Å². The predicted octanol–water partition coefficient (Wildman–Crippen LogP) is 5.65. The smallest absolute Gasteiger partial charge is 0.512 e. The van der Waals surface area contributed by atoms with Crippen molar-refractivity contribution in [1.82, 2.24) is 4.98 Å². The van der Waals surface area contributed by atoms with Gasteiger partial charge in [0, 0.05) is 30.1 Å². The Balaban J connectivity index is 1.41. The Labute approximate surface area is 232 Å². The molecular weight excluding hydrogens is 523 g/mol. The van der Waals surface area contributed by atoms with Crippen molar-refractivity contribution in [3.8, 4) is 5.75 Å². The summed E-state index contributed by atoms with van der Waals surface area (Å²) in [5, 5.41) is 17.9. The lowest BCUT2D eigenvalue weighted by atomic mass is 9.75. The number of pyridine rings is 1. The molecule has 1 aromatic carbocycles. The molecule has 4 rings (SSSR count). The number of ether oxygens (including phenoxy) is 2. The van der Waals surface area contributed by atoms with E-state index < -0.39 is 6.36 Å². The number of hydrogen-bond acceptors (Lipinski definition) is 7. The van der Waals surface area contributed by atoms with Gasteiger partial charge in [0.25, 0.3) is 0 Å². The zero-order chi connectivity index (χ0) is 28.9. The van der Waals surface area contributed by atoms with Crippen LogP contribution in [-0.2, 0) is 11.2 Å². The van der Waals surface area contributed by atoms with Crippen molar-refractivity contribution >= 4 is 11.7 Å². The van der Waals surface area contributed by atoms with Gasteiger partial charge in [-0.15, -0.1) is 13.2 Å². The van der Waals surface area contributed by atoms with Gasteiger partial charge in [0.1, 0.15) is 11.6 Å². The summed E-state index contributed by atoms with van der Waals surface area (Å²) in [6.45, 7) is 4.47. The van der Waals surface area contributed by atoms with Crippen molar-refractivity contribution in [3.63, 3.8) is 0 Å². The molecule has 2 aliphatic carbocycles. The third-order valence-electron chi connectivity index (χ3n) is 7.78. The first-order chi connectivity index (χ1) is 19.1. The van der Waals surface area contributed by atoms with Crippen LogP contribution in [-0.4, -0.2) is 41.0 Å². The Morgan fingerprint density at radius 1 is 1.18 bits per heavy atom. The number of para-hydroxylation sites is 1. The summed E-state index contributed by atoms with van der Waals surface area (Å²) < 4.78 is 49.5. The number of rotatable bonds is 11.